The van der Waals surface area contributed by atoms with Crippen molar-refractivity contribution in [3.8, 4) is 0 Å². The molecule has 1 aliphatic carbocycles. The minimum Gasteiger partial charge on any atom is -0.294 e. The standard InChI is InChI=1S/C23H32O2.H2/c1-5-10-17-14-15-18-19(11-9-12-20(18)22(17)25)21(24)13-7-6-8-16-23(2,3)4;/h5,9,11-12,17H,1,6-8,10,13-16H2,2-4H3;1H. The van der Waals surface area contributed by atoms with Crippen LogP contribution in [-0.2, 0) is 6.42 Å². The van der Waals surface area contributed by atoms with Gasteiger partial charge in [-0.25, -0.2) is 0 Å². The van der Waals surface area contributed by atoms with Crippen LogP contribution in [0.1, 0.15) is 93.4 Å². The molecule has 1 aliphatic rings. The second-order valence-corrected chi connectivity index (χ2v) is 8.50. The summed E-state index contributed by atoms with van der Waals surface area (Å²) < 4.78 is 0. The lowest BCUT2D eigenvalue weighted by Gasteiger charge is -2.24. The summed E-state index contributed by atoms with van der Waals surface area (Å²) in [5, 5.41) is 0. The maximum atomic E-state index is 12.7. The number of carbonyl (C=O) groups excluding carboxylic acids is 2. The number of rotatable bonds is 8. The van der Waals surface area contributed by atoms with Crippen LogP contribution in [0.4, 0.5) is 0 Å². The second-order valence-electron chi connectivity index (χ2n) is 8.50. The lowest BCUT2D eigenvalue weighted by atomic mass is 9.78. The largest absolute Gasteiger partial charge is 0.294 e. The predicted octanol–water partition coefficient (Wildman–Crippen LogP) is 6.43. The van der Waals surface area contributed by atoms with E-state index >= 15 is 0 Å². The van der Waals surface area contributed by atoms with Crippen LogP contribution in [0.2, 0.25) is 0 Å². The van der Waals surface area contributed by atoms with Gasteiger partial charge in [0.2, 0.25) is 0 Å². The molecule has 2 rings (SSSR count). The zero-order chi connectivity index (χ0) is 18.4. The van der Waals surface area contributed by atoms with Crippen molar-refractivity contribution >= 4 is 11.6 Å². The Bertz CT molecular complexity index is 640. The van der Waals surface area contributed by atoms with E-state index in [2.05, 4.69) is 27.4 Å². The number of hydrogen-bond acceptors (Lipinski definition) is 2. The Labute approximate surface area is 154 Å². The Hall–Kier alpha value is -1.70. The van der Waals surface area contributed by atoms with Crippen molar-refractivity contribution in [2.45, 2.75) is 72.1 Å². The summed E-state index contributed by atoms with van der Waals surface area (Å²) >= 11 is 0. The number of carbonyl (C=O) groups is 2. The molecule has 0 spiro atoms. The van der Waals surface area contributed by atoms with Gasteiger partial charge in [0.05, 0.1) is 0 Å². The highest BCUT2D eigenvalue weighted by Crippen LogP contribution is 2.31. The zero-order valence-corrected chi connectivity index (χ0v) is 16.1. The second kappa shape index (κ2) is 8.60. The highest BCUT2D eigenvalue weighted by atomic mass is 16.1. The molecular weight excluding hydrogens is 308 g/mol. The molecule has 138 valence electrons. The summed E-state index contributed by atoms with van der Waals surface area (Å²) in [7, 11) is 0. The van der Waals surface area contributed by atoms with Gasteiger partial charge >= 0.3 is 0 Å². The van der Waals surface area contributed by atoms with E-state index in [9.17, 15) is 9.59 Å². The molecule has 0 fully saturated rings. The topological polar surface area (TPSA) is 34.1 Å². The highest BCUT2D eigenvalue weighted by molar-refractivity contribution is 6.05. The summed E-state index contributed by atoms with van der Waals surface area (Å²) in [5.74, 6) is 0.413. The van der Waals surface area contributed by atoms with Gasteiger partial charge in [-0.1, -0.05) is 57.9 Å². The van der Waals surface area contributed by atoms with Crippen molar-refractivity contribution in [1.82, 2.24) is 0 Å². The zero-order valence-electron chi connectivity index (χ0n) is 16.1. The number of hydrogen-bond donors (Lipinski definition) is 0. The normalized spacial score (nSPS) is 17.2. The molecule has 0 bridgehead atoms. The molecule has 25 heavy (non-hydrogen) atoms. The number of fused-ring (bicyclic) bond motifs is 1. The first-order valence-electron chi connectivity index (χ1n) is 9.63. The molecule has 0 heterocycles. The van der Waals surface area contributed by atoms with E-state index in [1.54, 1.807) is 0 Å². The van der Waals surface area contributed by atoms with Gasteiger partial charge in [0.25, 0.3) is 0 Å². The van der Waals surface area contributed by atoms with Crippen LogP contribution in [0.5, 0.6) is 0 Å². The molecule has 0 aromatic heterocycles. The van der Waals surface area contributed by atoms with Gasteiger partial charge in [-0.05, 0) is 43.1 Å². The van der Waals surface area contributed by atoms with Crippen LogP contribution in [0.15, 0.2) is 30.9 Å². The number of ketones is 2. The Morgan fingerprint density at radius 1 is 1.28 bits per heavy atom. The minimum atomic E-state index is 0. The molecule has 0 N–H and O–H groups in total. The van der Waals surface area contributed by atoms with Gasteiger partial charge in [-0.2, -0.15) is 0 Å². The maximum absolute atomic E-state index is 12.7. The summed E-state index contributed by atoms with van der Waals surface area (Å²) in [4.78, 5) is 25.3. The Morgan fingerprint density at radius 2 is 2.04 bits per heavy atom. The fraction of sp³-hybridized carbons (Fsp3) is 0.565. The molecule has 2 nitrogen and oxygen atoms in total. The van der Waals surface area contributed by atoms with Crippen LogP contribution < -0.4 is 0 Å². The van der Waals surface area contributed by atoms with Gasteiger partial charge in [0.1, 0.15) is 0 Å². The Kier molecular flexibility index (Phi) is 6.75. The average Bonchev–Trinajstić information content (AvgIpc) is 2.55. The summed E-state index contributed by atoms with van der Waals surface area (Å²) in [6.07, 6.45) is 9.19. The molecule has 1 aromatic rings. The van der Waals surface area contributed by atoms with E-state index in [-0.39, 0.29) is 18.9 Å². The molecule has 0 amide bonds. The Balaban J connectivity index is 0.00000338. The quantitative estimate of drug-likeness (QED) is 0.310. The van der Waals surface area contributed by atoms with Crippen molar-refractivity contribution in [2.24, 2.45) is 11.3 Å². The number of Topliss-reactive ketones (excluding diaryl/α,β-unsaturated/α-hetero) is 2. The van der Waals surface area contributed by atoms with Gasteiger partial charge in [-0.15, -0.1) is 6.58 Å². The molecule has 2 heteroatoms. The Morgan fingerprint density at radius 3 is 2.72 bits per heavy atom. The van der Waals surface area contributed by atoms with Crippen molar-refractivity contribution in [3.63, 3.8) is 0 Å². The van der Waals surface area contributed by atoms with E-state index < -0.39 is 0 Å². The number of benzene rings is 1. The molecule has 0 saturated carbocycles. The van der Waals surface area contributed by atoms with Crippen LogP contribution in [0.3, 0.4) is 0 Å². The first-order valence-corrected chi connectivity index (χ1v) is 9.63. The SMILES string of the molecule is C=CCC1CCc2c(C(=O)CCCCCC(C)(C)C)cccc2C1=O.[HH]. The third-order valence-corrected chi connectivity index (χ3v) is 5.14. The first-order chi connectivity index (χ1) is 11.8. The summed E-state index contributed by atoms with van der Waals surface area (Å²) in [5.41, 5.74) is 2.88. The molecule has 1 atom stereocenters. The molecule has 1 aromatic carbocycles. The summed E-state index contributed by atoms with van der Waals surface area (Å²) in [6, 6.07) is 5.64. The van der Waals surface area contributed by atoms with E-state index in [1.165, 1.54) is 12.8 Å². The van der Waals surface area contributed by atoms with E-state index in [4.69, 9.17) is 0 Å². The van der Waals surface area contributed by atoms with Crippen LogP contribution in [-0.4, -0.2) is 11.6 Å². The van der Waals surface area contributed by atoms with Crippen LogP contribution in [0, 0.1) is 11.3 Å². The molecule has 1 unspecified atom stereocenters. The van der Waals surface area contributed by atoms with Crippen molar-refractivity contribution in [1.29, 1.82) is 0 Å². The third-order valence-electron chi connectivity index (χ3n) is 5.14. The van der Waals surface area contributed by atoms with E-state index in [1.807, 2.05) is 24.3 Å². The molecule has 0 radical (unpaired) electrons. The third kappa shape index (κ3) is 5.39. The van der Waals surface area contributed by atoms with E-state index in [0.717, 1.165) is 48.8 Å². The number of allylic oxidation sites excluding steroid dienone is 1. The van der Waals surface area contributed by atoms with Gasteiger partial charge < -0.3 is 0 Å². The van der Waals surface area contributed by atoms with Crippen LogP contribution in [0.25, 0.3) is 0 Å². The molecule has 0 aliphatic heterocycles. The summed E-state index contributed by atoms with van der Waals surface area (Å²) in [6.45, 7) is 10.5. The molecule has 0 saturated heterocycles. The minimum absolute atomic E-state index is 0. The van der Waals surface area contributed by atoms with Crippen molar-refractivity contribution < 1.29 is 11.0 Å². The van der Waals surface area contributed by atoms with Gasteiger partial charge in [0, 0.05) is 24.9 Å². The smallest absolute Gasteiger partial charge is 0.166 e. The lowest BCUT2D eigenvalue weighted by Crippen LogP contribution is -2.24. The van der Waals surface area contributed by atoms with Crippen molar-refractivity contribution in [3.05, 3.63) is 47.5 Å². The van der Waals surface area contributed by atoms with Gasteiger partial charge in [-0.3, -0.25) is 9.59 Å². The number of unbranched alkanes of at least 4 members (excludes halogenated alkanes) is 2. The predicted molar refractivity (Wildman–Crippen MR) is 106 cm³/mol. The first kappa shape index (κ1) is 19.6. The average molecular weight is 343 g/mol. The van der Waals surface area contributed by atoms with E-state index in [0.29, 0.717) is 11.8 Å². The van der Waals surface area contributed by atoms with Gasteiger partial charge in [0.15, 0.2) is 11.6 Å². The van der Waals surface area contributed by atoms with Crippen LogP contribution >= 0.6 is 0 Å². The highest BCUT2D eigenvalue weighted by Gasteiger charge is 2.28. The monoisotopic (exact) mass is 342 g/mol. The fourth-order valence-corrected chi connectivity index (χ4v) is 3.70. The lowest BCUT2D eigenvalue weighted by molar-refractivity contribution is 0.0903. The fourth-order valence-electron chi connectivity index (χ4n) is 3.70. The maximum Gasteiger partial charge on any atom is 0.166 e. The molecular formula is C23H34O2. The van der Waals surface area contributed by atoms with Crippen molar-refractivity contribution in [2.75, 3.05) is 0 Å².